The summed E-state index contributed by atoms with van der Waals surface area (Å²) in [5.74, 6) is 0.0413. The van der Waals surface area contributed by atoms with Crippen LogP contribution < -0.4 is 0 Å². The largest absolute Gasteiger partial charge is 0.383 e. The van der Waals surface area contributed by atoms with Gasteiger partial charge in [0.25, 0.3) is 5.91 Å². The highest BCUT2D eigenvalue weighted by molar-refractivity contribution is 5.95. The summed E-state index contributed by atoms with van der Waals surface area (Å²) in [6, 6.07) is 1.89. The number of pyridine rings is 1. The molecule has 0 aliphatic carbocycles. The number of methoxy groups -OCH3 is 1. The number of ether oxygens (including phenoxy) is 1. The van der Waals surface area contributed by atoms with Crippen molar-refractivity contribution < 1.29 is 9.53 Å². The molecule has 0 bridgehead atoms. The maximum Gasteiger partial charge on any atom is 0.255 e. The summed E-state index contributed by atoms with van der Waals surface area (Å²) in [7, 11) is 3.58. The summed E-state index contributed by atoms with van der Waals surface area (Å²) in [6.45, 7) is 4.87. The summed E-state index contributed by atoms with van der Waals surface area (Å²) in [4.78, 5) is 21.2. The number of hydrogen-bond donors (Lipinski definition) is 0. The number of carbonyl (C=O) groups is 1. The van der Waals surface area contributed by atoms with Crippen LogP contribution in [0.1, 0.15) is 10.4 Å². The zero-order valence-electron chi connectivity index (χ0n) is 14.2. The van der Waals surface area contributed by atoms with Gasteiger partial charge in [-0.25, -0.2) is 0 Å². The summed E-state index contributed by atoms with van der Waals surface area (Å²) < 4.78 is 6.85. The molecule has 1 aliphatic heterocycles. The monoisotopic (exact) mass is 329 g/mol. The Morgan fingerprint density at radius 2 is 1.96 bits per heavy atom. The molecule has 2 aromatic rings. The van der Waals surface area contributed by atoms with Gasteiger partial charge in [0, 0.05) is 76.6 Å². The molecule has 0 atom stereocenters. The van der Waals surface area contributed by atoms with Crippen LogP contribution in [0.2, 0.25) is 0 Å². The van der Waals surface area contributed by atoms with E-state index in [9.17, 15) is 4.79 Å². The van der Waals surface area contributed by atoms with Gasteiger partial charge in [-0.1, -0.05) is 0 Å². The van der Waals surface area contributed by atoms with Crippen molar-refractivity contribution in [3.63, 3.8) is 0 Å². The van der Waals surface area contributed by atoms with E-state index in [4.69, 9.17) is 4.74 Å². The van der Waals surface area contributed by atoms with E-state index in [-0.39, 0.29) is 5.91 Å². The molecule has 0 unspecified atom stereocenters. The van der Waals surface area contributed by atoms with E-state index in [1.807, 2.05) is 24.2 Å². The molecule has 1 saturated heterocycles. The number of carbonyl (C=O) groups excluding carboxylic acids is 1. The fourth-order valence-corrected chi connectivity index (χ4v) is 2.86. The minimum Gasteiger partial charge on any atom is -0.383 e. The number of piperazine rings is 1. The van der Waals surface area contributed by atoms with Gasteiger partial charge in [-0.15, -0.1) is 0 Å². The van der Waals surface area contributed by atoms with Gasteiger partial charge in [-0.2, -0.15) is 5.10 Å². The molecule has 3 heterocycles. The second-order valence-corrected chi connectivity index (χ2v) is 5.99. The van der Waals surface area contributed by atoms with E-state index < -0.39 is 0 Å². The van der Waals surface area contributed by atoms with Crippen LogP contribution >= 0.6 is 0 Å². The predicted molar refractivity (Wildman–Crippen MR) is 90.7 cm³/mol. The highest BCUT2D eigenvalue weighted by Crippen LogP contribution is 2.19. The van der Waals surface area contributed by atoms with Crippen LogP contribution in [0.4, 0.5) is 0 Å². The molecule has 0 spiro atoms. The molecule has 0 saturated carbocycles. The van der Waals surface area contributed by atoms with Crippen molar-refractivity contribution in [3.05, 3.63) is 36.4 Å². The zero-order valence-corrected chi connectivity index (χ0v) is 14.2. The van der Waals surface area contributed by atoms with Crippen molar-refractivity contribution in [1.82, 2.24) is 24.6 Å². The predicted octanol–water partition coefficient (Wildman–Crippen LogP) is 0.886. The second kappa shape index (κ2) is 7.55. The summed E-state index contributed by atoms with van der Waals surface area (Å²) in [5, 5.41) is 4.17. The molecule has 7 heteroatoms. The standard InChI is InChI=1S/C17H23N5O2/c1-20-13-16(12-19-20)14-9-15(11-18-10-14)17(23)22-5-3-21(4-6-22)7-8-24-2/h9-13H,3-8H2,1-2H3. The summed E-state index contributed by atoms with van der Waals surface area (Å²) >= 11 is 0. The maximum atomic E-state index is 12.7. The van der Waals surface area contributed by atoms with E-state index in [2.05, 4.69) is 15.0 Å². The highest BCUT2D eigenvalue weighted by atomic mass is 16.5. The lowest BCUT2D eigenvalue weighted by atomic mass is 10.1. The van der Waals surface area contributed by atoms with Crippen LogP contribution in [0.25, 0.3) is 11.1 Å². The summed E-state index contributed by atoms with van der Waals surface area (Å²) in [5.41, 5.74) is 2.50. The molecule has 2 aromatic heterocycles. The Morgan fingerprint density at radius 3 is 2.62 bits per heavy atom. The van der Waals surface area contributed by atoms with Gasteiger partial charge in [0.15, 0.2) is 0 Å². The number of hydrogen-bond acceptors (Lipinski definition) is 5. The van der Waals surface area contributed by atoms with Gasteiger partial charge in [0.1, 0.15) is 0 Å². The van der Waals surface area contributed by atoms with E-state index in [0.717, 1.165) is 50.5 Å². The molecule has 128 valence electrons. The summed E-state index contributed by atoms with van der Waals surface area (Å²) in [6.07, 6.45) is 7.09. The first-order valence-corrected chi connectivity index (χ1v) is 8.12. The van der Waals surface area contributed by atoms with Crippen molar-refractivity contribution in [1.29, 1.82) is 0 Å². The van der Waals surface area contributed by atoms with Crippen LogP contribution in [0, 0.1) is 0 Å². The molecule has 1 fully saturated rings. The number of aryl methyl sites for hydroxylation is 1. The molecule has 7 nitrogen and oxygen atoms in total. The average molecular weight is 329 g/mol. The molecular weight excluding hydrogens is 306 g/mol. The van der Waals surface area contributed by atoms with Gasteiger partial charge in [-0.05, 0) is 6.07 Å². The third kappa shape index (κ3) is 3.80. The van der Waals surface area contributed by atoms with Gasteiger partial charge in [0.2, 0.25) is 0 Å². The third-order valence-electron chi connectivity index (χ3n) is 4.29. The van der Waals surface area contributed by atoms with Crippen LogP contribution in [0.3, 0.4) is 0 Å². The maximum absolute atomic E-state index is 12.7. The number of rotatable bonds is 5. The van der Waals surface area contributed by atoms with Gasteiger partial charge >= 0.3 is 0 Å². The quantitative estimate of drug-likeness (QED) is 0.815. The van der Waals surface area contributed by atoms with E-state index in [1.165, 1.54) is 0 Å². The third-order valence-corrected chi connectivity index (χ3v) is 4.29. The van der Waals surface area contributed by atoms with Crippen molar-refractivity contribution in [3.8, 4) is 11.1 Å². The van der Waals surface area contributed by atoms with Crippen molar-refractivity contribution in [2.24, 2.45) is 7.05 Å². The van der Waals surface area contributed by atoms with Gasteiger partial charge < -0.3 is 9.64 Å². The Balaban J connectivity index is 1.65. The first-order valence-electron chi connectivity index (χ1n) is 8.12. The molecule has 24 heavy (non-hydrogen) atoms. The number of nitrogens with zero attached hydrogens (tertiary/aromatic N) is 5. The first kappa shape index (κ1) is 16.6. The fourth-order valence-electron chi connectivity index (χ4n) is 2.86. The lowest BCUT2D eigenvalue weighted by Gasteiger charge is -2.34. The fraction of sp³-hybridized carbons (Fsp3) is 0.471. The second-order valence-electron chi connectivity index (χ2n) is 5.99. The lowest BCUT2D eigenvalue weighted by molar-refractivity contribution is 0.0594. The molecule has 3 rings (SSSR count). The topological polar surface area (TPSA) is 63.5 Å². The first-order chi connectivity index (χ1) is 11.7. The van der Waals surface area contributed by atoms with E-state index in [1.54, 1.807) is 30.4 Å². The molecule has 0 N–H and O–H groups in total. The van der Waals surface area contributed by atoms with E-state index in [0.29, 0.717) is 5.56 Å². The van der Waals surface area contributed by atoms with Crippen molar-refractivity contribution >= 4 is 5.91 Å². The zero-order chi connectivity index (χ0) is 16.9. The van der Waals surface area contributed by atoms with Crippen LogP contribution in [0.5, 0.6) is 0 Å². The van der Waals surface area contributed by atoms with Gasteiger partial charge in [-0.3, -0.25) is 19.4 Å². The lowest BCUT2D eigenvalue weighted by Crippen LogP contribution is -2.49. The van der Waals surface area contributed by atoms with Gasteiger partial charge in [0.05, 0.1) is 18.4 Å². The number of amides is 1. The van der Waals surface area contributed by atoms with Crippen molar-refractivity contribution in [2.45, 2.75) is 0 Å². The van der Waals surface area contributed by atoms with Crippen LogP contribution in [-0.4, -0.2) is 76.9 Å². The minimum absolute atomic E-state index is 0.0413. The Morgan fingerprint density at radius 1 is 1.17 bits per heavy atom. The molecule has 0 aromatic carbocycles. The van der Waals surface area contributed by atoms with Crippen molar-refractivity contribution in [2.75, 3.05) is 46.4 Å². The van der Waals surface area contributed by atoms with E-state index >= 15 is 0 Å². The number of aromatic nitrogens is 3. The Kier molecular flexibility index (Phi) is 5.22. The Bertz CT molecular complexity index is 692. The highest BCUT2D eigenvalue weighted by Gasteiger charge is 2.22. The van der Waals surface area contributed by atoms with Crippen LogP contribution in [0.15, 0.2) is 30.9 Å². The smallest absolute Gasteiger partial charge is 0.255 e. The molecular formula is C17H23N5O2. The molecule has 1 amide bonds. The average Bonchev–Trinajstić information content (AvgIpc) is 3.06. The molecule has 0 radical (unpaired) electrons. The Hall–Kier alpha value is -2.25. The Labute approximate surface area is 141 Å². The molecule has 1 aliphatic rings. The SMILES string of the molecule is COCCN1CCN(C(=O)c2cncc(-c3cnn(C)c3)c2)CC1. The minimum atomic E-state index is 0.0413. The normalized spacial score (nSPS) is 15.7. The van der Waals surface area contributed by atoms with Crippen LogP contribution in [-0.2, 0) is 11.8 Å².